The average molecular weight is 204 g/mol. The number of rotatable bonds is 4. The molecule has 0 aliphatic heterocycles. The SMILES string of the molecule is CCc1ccc(C(O)C2CC2)cc1CC. The highest BCUT2D eigenvalue weighted by Gasteiger charge is 2.30. The molecule has 1 aliphatic carbocycles. The van der Waals surface area contributed by atoms with Crippen molar-refractivity contribution in [3.63, 3.8) is 0 Å². The summed E-state index contributed by atoms with van der Waals surface area (Å²) in [7, 11) is 0. The van der Waals surface area contributed by atoms with Gasteiger partial charge in [-0.1, -0.05) is 32.0 Å². The normalized spacial score (nSPS) is 17.8. The Morgan fingerprint density at radius 1 is 1.20 bits per heavy atom. The molecule has 1 nitrogen and oxygen atoms in total. The van der Waals surface area contributed by atoms with Gasteiger partial charge in [-0.2, -0.15) is 0 Å². The molecule has 15 heavy (non-hydrogen) atoms. The van der Waals surface area contributed by atoms with Crippen molar-refractivity contribution in [3.05, 3.63) is 34.9 Å². The maximum atomic E-state index is 10.0. The number of aliphatic hydroxyl groups is 1. The predicted molar refractivity (Wildman–Crippen MR) is 62.9 cm³/mol. The second-order valence-corrected chi connectivity index (χ2v) is 4.52. The first kappa shape index (κ1) is 10.7. The molecule has 0 heterocycles. The van der Waals surface area contributed by atoms with Crippen LogP contribution in [0.25, 0.3) is 0 Å². The summed E-state index contributed by atoms with van der Waals surface area (Å²) in [6, 6.07) is 6.47. The van der Waals surface area contributed by atoms with E-state index < -0.39 is 0 Å². The van der Waals surface area contributed by atoms with E-state index in [-0.39, 0.29) is 6.10 Å². The van der Waals surface area contributed by atoms with Gasteiger partial charge in [0.2, 0.25) is 0 Å². The van der Waals surface area contributed by atoms with Crippen molar-refractivity contribution < 1.29 is 5.11 Å². The van der Waals surface area contributed by atoms with Crippen LogP contribution < -0.4 is 0 Å². The van der Waals surface area contributed by atoms with Gasteiger partial charge in [0.15, 0.2) is 0 Å². The van der Waals surface area contributed by atoms with Crippen LogP contribution >= 0.6 is 0 Å². The van der Waals surface area contributed by atoms with Crippen molar-refractivity contribution in [1.82, 2.24) is 0 Å². The Morgan fingerprint density at radius 3 is 2.40 bits per heavy atom. The summed E-state index contributed by atoms with van der Waals surface area (Å²) in [5.74, 6) is 0.530. The minimum Gasteiger partial charge on any atom is -0.388 e. The van der Waals surface area contributed by atoms with E-state index >= 15 is 0 Å². The Morgan fingerprint density at radius 2 is 1.87 bits per heavy atom. The lowest BCUT2D eigenvalue weighted by atomic mass is 9.96. The lowest BCUT2D eigenvalue weighted by Gasteiger charge is -2.13. The lowest BCUT2D eigenvalue weighted by molar-refractivity contribution is 0.153. The first-order valence-corrected chi connectivity index (χ1v) is 6.06. The maximum Gasteiger partial charge on any atom is 0.0818 e. The van der Waals surface area contributed by atoms with Crippen molar-refractivity contribution in [1.29, 1.82) is 0 Å². The van der Waals surface area contributed by atoms with Gasteiger partial charge in [0.1, 0.15) is 0 Å². The Kier molecular flexibility index (Phi) is 3.11. The van der Waals surface area contributed by atoms with Gasteiger partial charge in [0.25, 0.3) is 0 Å². The van der Waals surface area contributed by atoms with Crippen molar-refractivity contribution in [2.45, 2.75) is 45.6 Å². The molecule has 1 aromatic rings. The first-order valence-electron chi connectivity index (χ1n) is 6.06. The highest BCUT2D eigenvalue weighted by atomic mass is 16.3. The molecule has 1 aliphatic rings. The summed E-state index contributed by atoms with van der Waals surface area (Å²) < 4.78 is 0. The zero-order valence-corrected chi connectivity index (χ0v) is 9.66. The molecule has 1 atom stereocenters. The van der Waals surface area contributed by atoms with Gasteiger partial charge < -0.3 is 5.11 Å². The molecule has 0 amide bonds. The van der Waals surface area contributed by atoms with Gasteiger partial charge in [0, 0.05) is 0 Å². The van der Waals surface area contributed by atoms with Gasteiger partial charge in [-0.15, -0.1) is 0 Å². The van der Waals surface area contributed by atoms with Crippen LogP contribution in [-0.4, -0.2) is 5.11 Å². The van der Waals surface area contributed by atoms with Gasteiger partial charge in [-0.3, -0.25) is 0 Å². The number of hydrogen-bond donors (Lipinski definition) is 1. The largest absolute Gasteiger partial charge is 0.388 e. The highest BCUT2D eigenvalue weighted by molar-refractivity contribution is 5.33. The molecular formula is C14H20O. The maximum absolute atomic E-state index is 10.0. The molecule has 1 N–H and O–H groups in total. The number of aryl methyl sites for hydroxylation is 2. The Bertz CT molecular complexity index is 339. The van der Waals surface area contributed by atoms with E-state index in [1.807, 2.05) is 0 Å². The second kappa shape index (κ2) is 4.36. The van der Waals surface area contributed by atoms with E-state index in [9.17, 15) is 5.11 Å². The molecule has 0 bridgehead atoms. The van der Waals surface area contributed by atoms with Crippen molar-refractivity contribution in [3.8, 4) is 0 Å². The van der Waals surface area contributed by atoms with Crippen LogP contribution in [0.5, 0.6) is 0 Å². The summed E-state index contributed by atoms with van der Waals surface area (Å²) in [4.78, 5) is 0. The second-order valence-electron chi connectivity index (χ2n) is 4.52. The fourth-order valence-corrected chi connectivity index (χ4v) is 2.19. The Balaban J connectivity index is 2.25. The van der Waals surface area contributed by atoms with Crippen LogP contribution in [0.15, 0.2) is 18.2 Å². The van der Waals surface area contributed by atoms with Gasteiger partial charge in [-0.25, -0.2) is 0 Å². The molecule has 1 unspecified atom stereocenters. The smallest absolute Gasteiger partial charge is 0.0818 e. The summed E-state index contributed by atoms with van der Waals surface area (Å²) in [5, 5.41) is 10.0. The molecule has 82 valence electrons. The summed E-state index contributed by atoms with van der Waals surface area (Å²) in [6.07, 6.45) is 4.31. The molecular weight excluding hydrogens is 184 g/mol. The Labute approximate surface area is 92.1 Å². The van der Waals surface area contributed by atoms with Gasteiger partial charge >= 0.3 is 0 Å². The standard InChI is InChI=1S/C14H20O/c1-3-10-5-8-13(9-11(10)4-2)14(15)12-6-7-12/h5,8-9,12,14-15H,3-4,6-7H2,1-2H3. The lowest BCUT2D eigenvalue weighted by Crippen LogP contribution is -2.02. The van der Waals surface area contributed by atoms with Crippen LogP contribution in [0.1, 0.15) is 49.5 Å². The van der Waals surface area contributed by atoms with Gasteiger partial charge in [0.05, 0.1) is 6.10 Å². The van der Waals surface area contributed by atoms with Crippen molar-refractivity contribution >= 4 is 0 Å². The van der Waals surface area contributed by atoms with E-state index in [0.717, 1.165) is 18.4 Å². The molecule has 1 saturated carbocycles. The van der Waals surface area contributed by atoms with Gasteiger partial charge in [-0.05, 0) is 48.3 Å². The highest BCUT2D eigenvalue weighted by Crippen LogP contribution is 2.41. The third kappa shape index (κ3) is 2.23. The molecule has 0 aromatic heterocycles. The van der Waals surface area contributed by atoms with Crippen LogP contribution in [0.4, 0.5) is 0 Å². The molecule has 1 heteroatoms. The van der Waals surface area contributed by atoms with Crippen LogP contribution in [0.3, 0.4) is 0 Å². The number of benzene rings is 1. The summed E-state index contributed by atoms with van der Waals surface area (Å²) >= 11 is 0. The third-order valence-corrected chi connectivity index (χ3v) is 3.40. The van der Waals surface area contributed by atoms with Crippen LogP contribution in [0, 0.1) is 5.92 Å². The quantitative estimate of drug-likeness (QED) is 0.798. The molecule has 1 fully saturated rings. The third-order valence-electron chi connectivity index (χ3n) is 3.40. The predicted octanol–water partition coefficient (Wildman–Crippen LogP) is 3.25. The monoisotopic (exact) mass is 204 g/mol. The average Bonchev–Trinajstić information content (AvgIpc) is 3.11. The summed E-state index contributed by atoms with van der Waals surface area (Å²) in [6.45, 7) is 4.37. The number of aliphatic hydroxyl groups excluding tert-OH is 1. The van der Waals surface area contributed by atoms with E-state index in [1.165, 1.54) is 24.0 Å². The summed E-state index contributed by atoms with van der Waals surface area (Å²) in [5.41, 5.74) is 3.94. The topological polar surface area (TPSA) is 20.2 Å². The Hall–Kier alpha value is -0.820. The first-order chi connectivity index (χ1) is 7.26. The van der Waals surface area contributed by atoms with Crippen LogP contribution in [0.2, 0.25) is 0 Å². The fraction of sp³-hybridized carbons (Fsp3) is 0.571. The zero-order valence-electron chi connectivity index (χ0n) is 9.66. The van der Waals surface area contributed by atoms with Crippen molar-refractivity contribution in [2.24, 2.45) is 5.92 Å². The number of hydrogen-bond acceptors (Lipinski definition) is 1. The molecule has 0 spiro atoms. The van der Waals surface area contributed by atoms with E-state index in [4.69, 9.17) is 0 Å². The molecule has 2 rings (SSSR count). The van der Waals surface area contributed by atoms with E-state index in [0.29, 0.717) is 5.92 Å². The minimum absolute atomic E-state index is 0.221. The molecule has 0 saturated heterocycles. The van der Waals surface area contributed by atoms with Crippen LogP contribution in [-0.2, 0) is 12.8 Å². The molecule has 1 aromatic carbocycles. The zero-order chi connectivity index (χ0) is 10.8. The van der Waals surface area contributed by atoms with E-state index in [1.54, 1.807) is 0 Å². The molecule has 0 radical (unpaired) electrons. The van der Waals surface area contributed by atoms with Crippen molar-refractivity contribution in [2.75, 3.05) is 0 Å². The van der Waals surface area contributed by atoms with E-state index in [2.05, 4.69) is 32.0 Å². The fourth-order valence-electron chi connectivity index (χ4n) is 2.19. The minimum atomic E-state index is -0.221.